The van der Waals surface area contributed by atoms with Gasteiger partial charge in [0.05, 0.1) is 6.10 Å². The lowest BCUT2D eigenvalue weighted by molar-refractivity contribution is 0.00836. The van der Waals surface area contributed by atoms with Gasteiger partial charge in [0.1, 0.15) is 0 Å². The van der Waals surface area contributed by atoms with Gasteiger partial charge >= 0.3 is 0 Å². The van der Waals surface area contributed by atoms with Crippen LogP contribution in [0.15, 0.2) is 12.2 Å². The second-order valence-corrected chi connectivity index (χ2v) is 6.98. The van der Waals surface area contributed by atoms with Crippen LogP contribution in [0.1, 0.15) is 44.9 Å². The molecule has 4 aliphatic rings. The predicted octanol–water partition coefficient (Wildman–Crippen LogP) is 3.39. The Labute approximate surface area is 104 Å². The molecule has 0 radical (unpaired) electrons. The number of aliphatic hydroxyl groups excluding tert-OH is 1. The number of hydrogen-bond donors (Lipinski definition) is 1. The van der Waals surface area contributed by atoms with E-state index >= 15 is 0 Å². The van der Waals surface area contributed by atoms with Gasteiger partial charge in [-0.2, -0.15) is 0 Å². The number of rotatable bonds is 1. The van der Waals surface area contributed by atoms with E-state index in [4.69, 9.17) is 0 Å². The molecule has 0 heterocycles. The van der Waals surface area contributed by atoms with Crippen molar-refractivity contribution in [2.75, 3.05) is 0 Å². The fourth-order valence-corrected chi connectivity index (χ4v) is 5.73. The van der Waals surface area contributed by atoms with E-state index in [1.165, 1.54) is 38.5 Å². The highest BCUT2D eigenvalue weighted by molar-refractivity contribution is 5.14. The van der Waals surface area contributed by atoms with Crippen LogP contribution in [0, 0.1) is 35.5 Å². The molecule has 0 aliphatic heterocycles. The molecule has 2 bridgehead atoms. The Morgan fingerprint density at radius 1 is 0.882 bits per heavy atom. The molecule has 3 fully saturated rings. The fraction of sp³-hybridized carbons (Fsp3) is 0.875. The third-order valence-corrected chi connectivity index (χ3v) is 6.39. The summed E-state index contributed by atoms with van der Waals surface area (Å²) < 4.78 is 0. The quantitative estimate of drug-likeness (QED) is 0.687. The summed E-state index contributed by atoms with van der Waals surface area (Å²) in [5.41, 5.74) is 0. The van der Waals surface area contributed by atoms with Crippen LogP contribution in [0.3, 0.4) is 0 Å². The van der Waals surface area contributed by atoms with Gasteiger partial charge < -0.3 is 5.11 Å². The minimum atomic E-state index is 0.0249. The molecule has 0 spiro atoms. The molecule has 4 rings (SSSR count). The van der Waals surface area contributed by atoms with Crippen molar-refractivity contribution in [2.45, 2.75) is 51.0 Å². The van der Waals surface area contributed by atoms with Gasteiger partial charge in [0.2, 0.25) is 0 Å². The maximum absolute atomic E-state index is 10.3. The van der Waals surface area contributed by atoms with Gasteiger partial charge in [0.15, 0.2) is 0 Å². The van der Waals surface area contributed by atoms with Crippen LogP contribution in [-0.4, -0.2) is 11.2 Å². The molecule has 1 heteroatoms. The van der Waals surface area contributed by atoms with Crippen molar-refractivity contribution in [3.63, 3.8) is 0 Å². The Morgan fingerprint density at radius 3 is 2.59 bits per heavy atom. The average molecular weight is 232 g/mol. The van der Waals surface area contributed by atoms with Crippen LogP contribution in [-0.2, 0) is 0 Å². The first kappa shape index (κ1) is 10.6. The Kier molecular flexibility index (Phi) is 2.40. The first-order valence-corrected chi connectivity index (χ1v) is 7.69. The molecule has 1 nitrogen and oxygen atoms in total. The third kappa shape index (κ3) is 1.47. The summed E-state index contributed by atoms with van der Waals surface area (Å²) >= 11 is 0. The van der Waals surface area contributed by atoms with Crippen molar-refractivity contribution in [2.24, 2.45) is 35.5 Å². The average Bonchev–Trinajstić information content (AvgIpc) is 3.01. The number of hydrogen-bond acceptors (Lipinski definition) is 1. The lowest BCUT2D eigenvalue weighted by Crippen LogP contribution is -2.37. The van der Waals surface area contributed by atoms with Crippen molar-refractivity contribution in [1.82, 2.24) is 0 Å². The number of aliphatic hydroxyl groups is 1. The summed E-state index contributed by atoms with van der Waals surface area (Å²) in [7, 11) is 0. The van der Waals surface area contributed by atoms with E-state index in [0.29, 0.717) is 5.92 Å². The van der Waals surface area contributed by atoms with Gasteiger partial charge in [0, 0.05) is 0 Å². The van der Waals surface area contributed by atoms with Gasteiger partial charge in [0.25, 0.3) is 0 Å². The van der Waals surface area contributed by atoms with Crippen molar-refractivity contribution in [3.05, 3.63) is 12.2 Å². The molecule has 0 saturated heterocycles. The zero-order valence-electron chi connectivity index (χ0n) is 10.6. The first-order valence-electron chi connectivity index (χ1n) is 7.69. The highest BCUT2D eigenvalue weighted by atomic mass is 16.3. The van der Waals surface area contributed by atoms with Crippen LogP contribution in [0.4, 0.5) is 0 Å². The maximum atomic E-state index is 10.3. The molecule has 0 aromatic heterocycles. The highest BCUT2D eigenvalue weighted by Gasteiger charge is 2.54. The standard InChI is InChI=1S/C16H24O/c17-16-7-2-1-4-13(16)15-9-10-8-14(15)12-6-3-5-11(10)12/h3,6,10-17H,1-2,4-5,7-9H2. The SMILES string of the molecule is OC1CCCCC1C1CC2CC1C1C=CCC21. The van der Waals surface area contributed by atoms with Gasteiger partial charge in [-0.1, -0.05) is 25.0 Å². The van der Waals surface area contributed by atoms with Gasteiger partial charge in [-0.25, -0.2) is 0 Å². The van der Waals surface area contributed by atoms with Gasteiger partial charge in [-0.05, 0) is 67.6 Å². The molecule has 3 saturated carbocycles. The van der Waals surface area contributed by atoms with E-state index in [-0.39, 0.29) is 6.10 Å². The highest BCUT2D eigenvalue weighted by Crippen LogP contribution is 2.61. The summed E-state index contributed by atoms with van der Waals surface area (Å²) in [5, 5.41) is 10.3. The smallest absolute Gasteiger partial charge is 0.0571 e. The van der Waals surface area contributed by atoms with E-state index in [1.54, 1.807) is 0 Å². The van der Waals surface area contributed by atoms with Gasteiger partial charge in [-0.15, -0.1) is 0 Å². The van der Waals surface area contributed by atoms with E-state index in [0.717, 1.165) is 36.0 Å². The van der Waals surface area contributed by atoms with E-state index in [9.17, 15) is 5.11 Å². The topological polar surface area (TPSA) is 20.2 Å². The lowest BCUT2D eigenvalue weighted by atomic mass is 9.66. The van der Waals surface area contributed by atoms with Crippen molar-refractivity contribution < 1.29 is 5.11 Å². The lowest BCUT2D eigenvalue weighted by Gasteiger charge is -2.40. The minimum absolute atomic E-state index is 0.0249. The molecule has 4 aliphatic carbocycles. The zero-order valence-corrected chi connectivity index (χ0v) is 10.6. The van der Waals surface area contributed by atoms with Crippen LogP contribution in [0.25, 0.3) is 0 Å². The third-order valence-electron chi connectivity index (χ3n) is 6.39. The van der Waals surface area contributed by atoms with Crippen molar-refractivity contribution in [3.8, 4) is 0 Å². The number of fused-ring (bicyclic) bond motifs is 5. The second-order valence-electron chi connectivity index (χ2n) is 6.98. The van der Waals surface area contributed by atoms with E-state index in [1.807, 2.05) is 0 Å². The van der Waals surface area contributed by atoms with Crippen LogP contribution in [0.5, 0.6) is 0 Å². The van der Waals surface area contributed by atoms with E-state index in [2.05, 4.69) is 12.2 Å². The minimum Gasteiger partial charge on any atom is -0.393 e. The van der Waals surface area contributed by atoms with E-state index < -0.39 is 0 Å². The first-order chi connectivity index (χ1) is 8.34. The summed E-state index contributed by atoms with van der Waals surface area (Å²) in [6.45, 7) is 0. The zero-order chi connectivity index (χ0) is 11.4. The molecule has 7 unspecified atom stereocenters. The molecular formula is C16H24O. The molecule has 0 aromatic carbocycles. The Hall–Kier alpha value is -0.300. The maximum Gasteiger partial charge on any atom is 0.0571 e. The Bertz CT molecular complexity index is 334. The monoisotopic (exact) mass is 232 g/mol. The molecule has 0 amide bonds. The predicted molar refractivity (Wildman–Crippen MR) is 68.4 cm³/mol. The van der Waals surface area contributed by atoms with Crippen molar-refractivity contribution >= 4 is 0 Å². The van der Waals surface area contributed by atoms with Crippen LogP contribution < -0.4 is 0 Å². The fourth-order valence-electron chi connectivity index (χ4n) is 5.73. The summed E-state index contributed by atoms with van der Waals surface area (Å²) in [6.07, 6.45) is 14.2. The molecular weight excluding hydrogens is 208 g/mol. The van der Waals surface area contributed by atoms with Crippen LogP contribution in [0.2, 0.25) is 0 Å². The molecule has 1 N–H and O–H groups in total. The second kappa shape index (κ2) is 3.85. The molecule has 0 aromatic rings. The Morgan fingerprint density at radius 2 is 1.71 bits per heavy atom. The molecule has 17 heavy (non-hydrogen) atoms. The molecule has 94 valence electrons. The van der Waals surface area contributed by atoms with Crippen LogP contribution >= 0.6 is 0 Å². The summed E-state index contributed by atoms with van der Waals surface area (Å²) in [4.78, 5) is 0. The summed E-state index contributed by atoms with van der Waals surface area (Å²) in [6, 6.07) is 0. The molecule has 7 atom stereocenters. The Balaban J connectivity index is 1.55. The van der Waals surface area contributed by atoms with Gasteiger partial charge in [-0.3, -0.25) is 0 Å². The normalized spacial score (nSPS) is 56.4. The largest absolute Gasteiger partial charge is 0.393 e. The summed E-state index contributed by atoms with van der Waals surface area (Å²) in [5.74, 6) is 5.33. The van der Waals surface area contributed by atoms with Crippen molar-refractivity contribution in [1.29, 1.82) is 0 Å². The number of allylic oxidation sites excluding steroid dienone is 2.